The molecule has 0 N–H and O–H groups in total. The molecule has 1 aliphatic carbocycles. The molecule has 0 aromatic heterocycles. The third-order valence-corrected chi connectivity index (χ3v) is 8.29. The van der Waals surface area contributed by atoms with Crippen LogP contribution in [0.15, 0.2) is 91.0 Å². The Bertz CT molecular complexity index is 1730. The summed E-state index contributed by atoms with van der Waals surface area (Å²) in [6.45, 7) is 0. The van der Waals surface area contributed by atoms with Crippen molar-refractivity contribution < 1.29 is 23.9 Å². The van der Waals surface area contributed by atoms with E-state index < -0.39 is 35.5 Å². The van der Waals surface area contributed by atoms with Gasteiger partial charge in [-0.05, 0) is 46.9 Å². The van der Waals surface area contributed by atoms with Crippen molar-refractivity contribution in [3.8, 4) is 11.5 Å². The first kappa shape index (κ1) is 23.7. The van der Waals surface area contributed by atoms with Gasteiger partial charge in [0.2, 0.25) is 11.8 Å². The van der Waals surface area contributed by atoms with Crippen LogP contribution in [0.25, 0.3) is 16.3 Å². The SMILES string of the molecule is COc1ccc([C@@H]2C=C3c4ccc5ccccc5c4OC(=O)[C@@H]3[C@@H]3C(=O)N(c4cccc(Cl)c4)C(=O)[C@H]32)cc1. The highest BCUT2D eigenvalue weighted by Gasteiger charge is 2.60. The van der Waals surface area contributed by atoms with Crippen LogP contribution in [0.3, 0.4) is 0 Å². The van der Waals surface area contributed by atoms with Crippen molar-refractivity contribution in [1.29, 1.82) is 0 Å². The second-order valence-corrected chi connectivity index (χ2v) is 10.5. The topological polar surface area (TPSA) is 72.9 Å². The quantitative estimate of drug-likeness (QED) is 0.182. The summed E-state index contributed by atoms with van der Waals surface area (Å²) in [4.78, 5) is 42.9. The summed E-state index contributed by atoms with van der Waals surface area (Å²) in [6, 6.07) is 25.7. The molecule has 6 nitrogen and oxygen atoms in total. The third-order valence-electron chi connectivity index (χ3n) is 8.05. The van der Waals surface area contributed by atoms with Crippen molar-refractivity contribution in [3.05, 3.63) is 107 Å². The molecule has 7 heteroatoms. The predicted octanol–water partition coefficient (Wildman–Crippen LogP) is 6.02. The number of carbonyl (C=O) groups is 3. The maximum Gasteiger partial charge on any atom is 0.319 e. The number of fused-ring (bicyclic) bond motifs is 7. The highest BCUT2D eigenvalue weighted by Crippen LogP contribution is 2.55. The maximum absolute atomic E-state index is 14.1. The highest BCUT2D eigenvalue weighted by molar-refractivity contribution is 6.31. The molecule has 0 spiro atoms. The molecular weight excluding hydrogens is 514 g/mol. The zero-order valence-electron chi connectivity index (χ0n) is 20.8. The number of carbonyl (C=O) groups excluding carboxylic acids is 3. The van der Waals surface area contributed by atoms with Crippen LogP contribution < -0.4 is 14.4 Å². The number of esters is 1. The zero-order chi connectivity index (χ0) is 26.8. The van der Waals surface area contributed by atoms with E-state index in [1.54, 1.807) is 31.4 Å². The summed E-state index contributed by atoms with van der Waals surface area (Å²) in [6.07, 6.45) is 1.98. The van der Waals surface area contributed by atoms with Crippen LogP contribution in [-0.2, 0) is 14.4 Å². The fraction of sp³-hybridized carbons (Fsp3) is 0.156. The number of hydrogen-bond donors (Lipinski definition) is 0. The Balaban J connectivity index is 1.44. The maximum atomic E-state index is 14.1. The normalized spacial score (nSPS) is 23.6. The first-order valence-corrected chi connectivity index (χ1v) is 13.1. The van der Waals surface area contributed by atoms with E-state index in [1.165, 1.54) is 4.90 Å². The zero-order valence-corrected chi connectivity index (χ0v) is 21.6. The predicted molar refractivity (Wildman–Crippen MR) is 148 cm³/mol. The minimum Gasteiger partial charge on any atom is -0.497 e. The van der Waals surface area contributed by atoms with Crippen LogP contribution in [0.1, 0.15) is 17.0 Å². The van der Waals surface area contributed by atoms with Gasteiger partial charge in [-0.25, -0.2) is 4.90 Å². The van der Waals surface area contributed by atoms with Gasteiger partial charge in [0.15, 0.2) is 0 Å². The van der Waals surface area contributed by atoms with Crippen molar-refractivity contribution in [2.24, 2.45) is 17.8 Å². The lowest BCUT2D eigenvalue weighted by Gasteiger charge is -2.38. The van der Waals surface area contributed by atoms with E-state index in [0.717, 1.165) is 21.9 Å². The Hall–Kier alpha value is -4.42. The van der Waals surface area contributed by atoms with E-state index in [9.17, 15) is 14.4 Å². The van der Waals surface area contributed by atoms with Crippen LogP contribution in [0.2, 0.25) is 5.02 Å². The largest absolute Gasteiger partial charge is 0.497 e. The van der Waals surface area contributed by atoms with Gasteiger partial charge in [0.05, 0.1) is 30.6 Å². The first-order chi connectivity index (χ1) is 19.0. The molecule has 1 fully saturated rings. The van der Waals surface area contributed by atoms with E-state index in [1.807, 2.05) is 66.7 Å². The number of hydrogen-bond acceptors (Lipinski definition) is 5. The molecule has 0 unspecified atom stereocenters. The number of nitrogens with zero attached hydrogens (tertiary/aromatic N) is 1. The second-order valence-electron chi connectivity index (χ2n) is 10.0. The van der Waals surface area contributed by atoms with Crippen LogP contribution >= 0.6 is 11.6 Å². The minimum atomic E-state index is -0.921. The molecule has 2 amide bonds. The number of allylic oxidation sites excluding steroid dienone is 1. The Kier molecular flexibility index (Phi) is 5.35. The molecule has 39 heavy (non-hydrogen) atoms. The van der Waals surface area contributed by atoms with Gasteiger partial charge in [-0.2, -0.15) is 0 Å². The van der Waals surface area contributed by atoms with Crippen molar-refractivity contribution in [2.45, 2.75) is 5.92 Å². The molecule has 192 valence electrons. The average Bonchev–Trinajstić information content (AvgIpc) is 3.22. The number of anilines is 1. The van der Waals surface area contributed by atoms with E-state index >= 15 is 0 Å². The first-order valence-electron chi connectivity index (χ1n) is 12.7. The molecule has 0 bridgehead atoms. The summed E-state index contributed by atoms with van der Waals surface area (Å²) in [5, 5.41) is 2.18. The summed E-state index contributed by atoms with van der Waals surface area (Å²) in [7, 11) is 1.59. The Morgan fingerprint density at radius 3 is 2.38 bits per heavy atom. The van der Waals surface area contributed by atoms with Gasteiger partial charge in [-0.1, -0.05) is 72.3 Å². The van der Waals surface area contributed by atoms with Crippen molar-refractivity contribution in [1.82, 2.24) is 0 Å². The van der Waals surface area contributed by atoms with Crippen molar-refractivity contribution in [3.63, 3.8) is 0 Å². The van der Waals surface area contributed by atoms with Gasteiger partial charge in [-0.15, -0.1) is 0 Å². The van der Waals surface area contributed by atoms with Crippen LogP contribution in [0.5, 0.6) is 11.5 Å². The highest BCUT2D eigenvalue weighted by atomic mass is 35.5. The monoisotopic (exact) mass is 535 g/mol. The molecule has 3 aliphatic rings. The molecule has 4 aromatic rings. The number of imide groups is 1. The van der Waals surface area contributed by atoms with Gasteiger partial charge >= 0.3 is 5.97 Å². The number of rotatable bonds is 3. The molecule has 2 heterocycles. The van der Waals surface area contributed by atoms with E-state index in [2.05, 4.69) is 0 Å². The van der Waals surface area contributed by atoms with Crippen LogP contribution in [0.4, 0.5) is 5.69 Å². The number of benzene rings is 4. The van der Waals surface area contributed by atoms with Gasteiger partial charge in [0, 0.05) is 21.9 Å². The number of amides is 2. The lowest BCUT2D eigenvalue weighted by atomic mass is 9.64. The van der Waals surface area contributed by atoms with E-state index in [0.29, 0.717) is 27.8 Å². The molecule has 2 aliphatic heterocycles. The fourth-order valence-electron chi connectivity index (χ4n) is 6.31. The van der Waals surface area contributed by atoms with Gasteiger partial charge < -0.3 is 9.47 Å². The molecule has 0 saturated carbocycles. The summed E-state index contributed by atoms with van der Waals surface area (Å²) < 4.78 is 11.3. The summed E-state index contributed by atoms with van der Waals surface area (Å²) in [5.74, 6) is -3.20. The lowest BCUT2D eigenvalue weighted by Crippen LogP contribution is -2.42. The standard InChI is InChI=1S/C32H22ClNO5/c1-38-21-12-9-18(10-13-21)24-16-25-23-14-11-17-5-2-3-8-22(17)29(23)39-32(37)27(25)28-26(24)30(35)34(31(28)36)20-7-4-6-19(33)15-20/h2-16,24,26-28H,1H3/t24-,26-,27-,28+/m0/s1. The smallest absolute Gasteiger partial charge is 0.319 e. The lowest BCUT2D eigenvalue weighted by molar-refractivity contribution is -0.142. The molecule has 7 rings (SSSR count). The Morgan fingerprint density at radius 1 is 0.846 bits per heavy atom. The molecular formula is C32H22ClNO5. The van der Waals surface area contributed by atoms with Crippen molar-refractivity contribution >= 4 is 51.4 Å². The second kappa shape index (κ2) is 8.82. The number of methoxy groups -OCH3 is 1. The van der Waals surface area contributed by atoms with Crippen LogP contribution in [-0.4, -0.2) is 24.9 Å². The van der Waals surface area contributed by atoms with E-state index in [-0.39, 0.29) is 5.91 Å². The third kappa shape index (κ3) is 3.52. The Morgan fingerprint density at radius 2 is 1.62 bits per heavy atom. The minimum absolute atomic E-state index is 0.361. The molecule has 4 atom stereocenters. The molecule has 1 saturated heterocycles. The summed E-state index contributed by atoms with van der Waals surface area (Å²) >= 11 is 6.22. The Labute approximate surface area is 229 Å². The number of ether oxygens (including phenoxy) is 2. The van der Waals surface area contributed by atoms with Gasteiger partial charge in [0.1, 0.15) is 11.5 Å². The fourth-order valence-corrected chi connectivity index (χ4v) is 6.49. The van der Waals surface area contributed by atoms with E-state index in [4.69, 9.17) is 21.1 Å². The number of halogens is 1. The van der Waals surface area contributed by atoms with Gasteiger partial charge in [-0.3, -0.25) is 14.4 Å². The average molecular weight is 536 g/mol. The van der Waals surface area contributed by atoms with Crippen molar-refractivity contribution in [2.75, 3.05) is 12.0 Å². The molecule has 0 radical (unpaired) electrons. The van der Waals surface area contributed by atoms with Gasteiger partial charge in [0.25, 0.3) is 0 Å². The summed E-state index contributed by atoms with van der Waals surface area (Å²) in [5.41, 5.74) is 2.71. The van der Waals surface area contributed by atoms with Crippen LogP contribution in [0, 0.1) is 17.8 Å². The molecule has 4 aromatic carbocycles.